The molecule has 1 aliphatic rings. The third kappa shape index (κ3) is 8.02. The molecule has 1 fully saturated rings. The van der Waals surface area contributed by atoms with E-state index >= 15 is 0 Å². The van der Waals surface area contributed by atoms with Crippen LogP contribution in [0.3, 0.4) is 0 Å². The Morgan fingerprint density at radius 1 is 1.21 bits per heavy atom. The molecule has 29 heavy (non-hydrogen) atoms. The van der Waals surface area contributed by atoms with Gasteiger partial charge in [-0.2, -0.15) is 0 Å². The van der Waals surface area contributed by atoms with Gasteiger partial charge in [0.25, 0.3) is 5.91 Å². The minimum Gasteiger partial charge on any atom is -0.444 e. The predicted molar refractivity (Wildman–Crippen MR) is 109 cm³/mol. The zero-order valence-corrected chi connectivity index (χ0v) is 18.2. The minimum absolute atomic E-state index is 0.169. The second kappa shape index (κ2) is 9.58. The number of sulfonamides is 1. The molecule has 0 radical (unpaired) electrons. The number of nitrogens with zero attached hydrogens (tertiary/aromatic N) is 1. The van der Waals surface area contributed by atoms with Gasteiger partial charge in [0, 0.05) is 13.0 Å². The van der Waals surface area contributed by atoms with Crippen molar-refractivity contribution in [2.45, 2.75) is 57.8 Å². The van der Waals surface area contributed by atoms with E-state index in [1.165, 1.54) is 10.5 Å². The van der Waals surface area contributed by atoms with E-state index in [0.717, 1.165) is 19.1 Å². The lowest BCUT2D eigenvalue weighted by Crippen LogP contribution is -2.48. The van der Waals surface area contributed by atoms with Gasteiger partial charge in [-0.05, 0) is 39.2 Å². The first-order chi connectivity index (χ1) is 13.4. The monoisotopic (exact) mass is 426 g/mol. The fourth-order valence-electron chi connectivity index (χ4n) is 3.11. The van der Waals surface area contributed by atoms with Gasteiger partial charge in [0.15, 0.2) is 0 Å². The van der Waals surface area contributed by atoms with Crippen molar-refractivity contribution in [2.24, 2.45) is 0 Å². The highest BCUT2D eigenvalue weighted by atomic mass is 32.2. The Balaban J connectivity index is 1.96. The maximum Gasteiger partial charge on any atom is 0.411 e. The van der Waals surface area contributed by atoms with E-state index in [9.17, 15) is 18.0 Å². The number of rotatable bonds is 7. The van der Waals surface area contributed by atoms with Crippen molar-refractivity contribution in [3.63, 3.8) is 0 Å². The average Bonchev–Trinajstić information content (AvgIpc) is 3.01. The number of aryl methyl sites for hydroxylation is 1. The lowest BCUT2D eigenvalue weighted by atomic mass is 10.1. The van der Waals surface area contributed by atoms with Crippen LogP contribution >= 0.6 is 0 Å². The molecule has 1 N–H and O–H groups in total. The Labute approximate surface area is 172 Å². The largest absolute Gasteiger partial charge is 0.444 e. The Bertz CT molecular complexity index is 804. The van der Waals surface area contributed by atoms with Crippen LogP contribution in [0.5, 0.6) is 0 Å². The average molecular weight is 427 g/mol. The molecule has 0 aromatic heterocycles. The van der Waals surface area contributed by atoms with Crippen LogP contribution in [-0.4, -0.2) is 62.5 Å². The molecular weight excluding hydrogens is 396 g/mol. The molecule has 1 saturated heterocycles. The fraction of sp³-hybridized carbons (Fsp3) is 0.600. The smallest absolute Gasteiger partial charge is 0.411 e. The molecule has 2 rings (SSSR count). The van der Waals surface area contributed by atoms with Gasteiger partial charge in [-0.25, -0.2) is 13.2 Å². The maximum absolute atomic E-state index is 12.5. The van der Waals surface area contributed by atoms with Gasteiger partial charge in [0.1, 0.15) is 11.6 Å². The molecule has 1 aromatic carbocycles. The van der Waals surface area contributed by atoms with Gasteiger partial charge in [-0.3, -0.25) is 14.4 Å². The summed E-state index contributed by atoms with van der Waals surface area (Å²) in [7, 11) is -3.73. The van der Waals surface area contributed by atoms with Crippen LogP contribution in [0.1, 0.15) is 39.2 Å². The highest BCUT2D eigenvalue weighted by Crippen LogP contribution is 2.24. The topological polar surface area (TPSA) is 102 Å². The van der Waals surface area contributed by atoms with E-state index in [0.29, 0.717) is 6.61 Å². The Morgan fingerprint density at radius 2 is 1.86 bits per heavy atom. The molecule has 0 aliphatic carbocycles. The van der Waals surface area contributed by atoms with Crippen LogP contribution < -0.4 is 4.72 Å². The van der Waals surface area contributed by atoms with Crippen LogP contribution in [0.15, 0.2) is 30.3 Å². The number of hydrogen-bond donors (Lipinski definition) is 1. The second-order valence-corrected chi connectivity index (χ2v) is 9.95. The summed E-state index contributed by atoms with van der Waals surface area (Å²) >= 11 is 0. The SMILES string of the molecule is CC(C)(C)OC(=O)N1C[C@@H](OCCCc2ccccc2)C[C@H]1C(=O)NS(C)(=O)=O. The Morgan fingerprint density at radius 3 is 2.45 bits per heavy atom. The summed E-state index contributed by atoms with van der Waals surface area (Å²) in [5, 5.41) is 0. The molecule has 1 heterocycles. The van der Waals surface area contributed by atoms with Crippen molar-refractivity contribution in [3.05, 3.63) is 35.9 Å². The predicted octanol–water partition coefficient (Wildman–Crippen LogP) is 2.09. The van der Waals surface area contributed by atoms with Crippen molar-refractivity contribution in [1.29, 1.82) is 0 Å². The van der Waals surface area contributed by atoms with E-state index in [-0.39, 0.29) is 19.1 Å². The number of hydrogen-bond acceptors (Lipinski definition) is 6. The molecule has 162 valence electrons. The first kappa shape index (κ1) is 23.2. The standard InChI is InChI=1S/C20H30N2O6S/c1-20(2,3)28-19(24)22-14-16(13-17(22)18(23)21-29(4,25)26)27-12-8-11-15-9-6-5-7-10-15/h5-7,9-10,16-17H,8,11-14H2,1-4H3,(H,21,23)/t16-,17-/m0/s1. The summed E-state index contributed by atoms with van der Waals surface area (Å²) in [5.41, 5.74) is 0.479. The van der Waals surface area contributed by atoms with Gasteiger partial charge < -0.3 is 9.47 Å². The summed E-state index contributed by atoms with van der Waals surface area (Å²) in [4.78, 5) is 26.2. The van der Waals surface area contributed by atoms with Gasteiger partial charge >= 0.3 is 6.09 Å². The highest BCUT2D eigenvalue weighted by Gasteiger charge is 2.42. The van der Waals surface area contributed by atoms with Crippen molar-refractivity contribution < 1.29 is 27.5 Å². The molecule has 1 aliphatic heterocycles. The van der Waals surface area contributed by atoms with Crippen LogP contribution in [-0.2, 0) is 30.7 Å². The number of benzene rings is 1. The highest BCUT2D eigenvalue weighted by molar-refractivity contribution is 7.89. The van der Waals surface area contributed by atoms with Gasteiger partial charge in [-0.15, -0.1) is 0 Å². The summed E-state index contributed by atoms with van der Waals surface area (Å²) in [6.07, 6.45) is 1.74. The molecular formula is C20H30N2O6S. The van der Waals surface area contributed by atoms with Crippen molar-refractivity contribution in [1.82, 2.24) is 9.62 Å². The van der Waals surface area contributed by atoms with E-state index in [4.69, 9.17) is 9.47 Å². The Hall–Kier alpha value is -2.13. The number of carbonyl (C=O) groups excluding carboxylic acids is 2. The summed E-state index contributed by atoms with van der Waals surface area (Å²) in [5.74, 6) is -0.756. The van der Waals surface area contributed by atoms with E-state index in [2.05, 4.69) is 0 Å². The molecule has 2 amide bonds. The number of carbonyl (C=O) groups is 2. The van der Waals surface area contributed by atoms with Crippen molar-refractivity contribution in [2.75, 3.05) is 19.4 Å². The van der Waals surface area contributed by atoms with E-state index in [1.54, 1.807) is 20.8 Å². The van der Waals surface area contributed by atoms with Crippen LogP contribution in [0.4, 0.5) is 4.79 Å². The molecule has 8 nitrogen and oxygen atoms in total. The third-order valence-electron chi connectivity index (χ3n) is 4.29. The summed E-state index contributed by atoms with van der Waals surface area (Å²) < 4.78 is 36.0. The molecule has 0 spiro atoms. The number of amides is 2. The Kier molecular flexibility index (Phi) is 7.65. The number of nitrogens with one attached hydrogen (secondary N) is 1. The van der Waals surface area contributed by atoms with Crippen LogP contribution in [0.25, 0.3) is 0 Å². The summed E-state index contributed by atoms with van der Waals surface area (Å²) in [6.45, 7) is 5.82. The molecule has 0 unspecified atom stereocenters. The van der Waals surface area contributed by atoms with Gasteiger partial charge in [0.05, 0.1) is 18.9 Å². The third-order valence-corrected chi connectivity index (χ3v) is 4.86. The van der Waals surface area contributed by atoms with Gasteiger partial charge in [0.2, 0.25) is 10.0 Å². The molecule has 2 atom stereocenters. The van der Waals surface area contributed by atoms with Crippen LogP contribution in [0.2, 0.25) is 0 Å². The normalized spacial score (nSPS) is 19.8. The van der Waals surface area contributed by atoms with Crippen molar-refractivity contribution >= 4 is 22.0 Å². The van der Waals surface area contributed by atoms with Crippen molar-refractivity contribution in [3.8, 4) is 0 Å². The van der Waals surface area contributed by atoms with E-state index < -0.39 is 33.7 Å². The van der Waals surface area contributed by atoms with Crippen LogP contribution in [0, 0.1) is 0 Å². The molecule has 1 aromatic rings. The zero-order valence-electron chi connectivity index (χ0n) is 17.4. The maximum atomic E-state index is 12.5. The zero-order chi connectivity index (χ0) is 21.7. The first-order valence-electron chi connectivity index (χ1n) is 9.61. The number of likely N-dealkylation sites (tertiary alicyclic amines) is 1. The first-order valence-corrected chi connectivity index (χ1v) is 11.5. The lowest BCUT2D eigenvalue weighted by molar-refractivity contribution is -0.123. The quantitative estimate of drug-likeness (QED) is 0.670. The van der Waals surface area contributed by atoms with E-state index in [1.807, 2.05) is 35.1 Å². The molecule has 0 saturated carbocycles. The fourth-order valence-corrected chi connectivity index (χ4v) is 3.61. The second-order valence-electron chi connectivity index (χ2n) is 8.20. The lowest BCUT2D eigenvalue weighted by Gasteiger charge is -2.27. The summed E-state index contributed by atoms with van der Waals surface area (Å²) in [6, 6.07) is 9.06. The number of ether oxygens (including phenoxy) is 2. The minimum atomic E-state index is -3.73. The van der Waals surface area contributed by atoms with Gasteiger partial charge in [-0.1, -0.05) is 30.3 Å². The molecule has 9 heteroatoms. The molecule has 0 bridgehead atoms.